The fourth-order valence-corrected chi connectivity index (χ4v) is 2.06. The van der Waals surface area contributed by atoms with E-state index in [1.54, 1.807) is 30.3 Å². The van der Waals surface area contributed by atoms with Crippen LogP contribution in [0.1, 0.15) is 15.9 Å². The molecule has 3 nitrogen and oxygen atoms in total. The molecule has 0 unspecified atom stereocenters. The van der Waals surface area contributed by atoms with Gasteiger partial charge in [-0.2, -0.15) is 0 Å². The third kappa shape index (κ3) is 3.63. The number of nitrogens with one attached hydrogen (secondary N) is 1. The van der Waals surface area contributed by atoms with Crippen LogP contribution < -0.4 is 11.1 Å². The van der Waals surface area contributed by atoms with Gasteiger partial charge in [0.25, 0.3) is 5.91 Å². The third-order valence-corrected chi connectivity index (χ3v) is 3.07. The van der Waals surface area contributed by atoms with E-state index < -0.39 is 0 Å². The van der Waals surface area contributed by atoms with Crippen molar-refractivity contribution in [1.82, 2.24) is 5.32 Å². The summed E-state index contributed by atoms with van der Waals surface area (Å²) in [7, 11) is 0. The van der Waals surface area contributed by atoms with Gasteiger partial charge in [-0.05, 0) is 35.9 Å². The maximum absolute atomic E-state index is 12.0. The maximum Gasteiger partial charge on any atom is 0.253 e. The first-order valence-corrected chi connectivity index (χ1v) is 6.39. The summed E-state index contributed by atoms with van der Waals surface area (Å²) in [5.74, 6) is -0.242. The lowest BCUT2D eigenvalue weighted by Gasteiger charge is -2.08. The zero-order chi connectivity index (χ0) is 13.8. The van der Waals surface area contributed by atoms with Gasteiger partial charge in [-0.25, -0.2) is 0 Å². The fourth-order valence-electron chi connectivity index (χ4n) is 1.66. The fraction of sp³-hybridized carbons (Fsp3) is 0.0714. The van der Waals surface area contributed by atoms with Crippen molar-refractivity contribution in [2.45, 2.75) is 6.54 Å². The number of nitrogen functional groups attached to an aromatic ring is 1. The minimum Gasteiger partial charge on any atom is -0.398 e. The molecule has 0 saturated heterocycles. The second-order valence-corrected chi connectivity index (χ2v) is 4.92. The molecule has 0 aliphatic carbocycles. The van der Waals surface area contributed by atoms with Crippen LogP contribution in [0, 0.1) is 0 Å². The van der Waals surface area contributed by atoms with Gasteiger partial charge in [-0.3, -0.25) is 4.79 Å². The van der Waals surface area contributed by atoms with Crippen LogP contribution in [0.15, 0.2) is 42.5 Å². The number of rotatable bonds is 3. The predicted octanol–water partition coefficient (Wildman–Crippen LogP) is 3.51. The number of hydrogen-bond donors (Lipinski definition) is 2. The van der Waals surface area contributed by atoms with E-state index in [1.165, 1.54) is 0 Å². The number of carbonyl (C=O) groups is 1. The standard InChI is InChI=1S/C14H12Cl2N2O/c15-10-3-1-2-9(6-10)8-18-14(19)12-5-4-11(16)7-13(12)17/h1-7H,8,17H2,(H,18,19). The molecule has 2 rings (SSSR count). The van der Waals surface area contributed by atoms with Crippen molar-refractivity contribution in [3.05, 3.63) is 63.6 Å². The molecule has 0 bridgehead atoms. The molecular weight excluding hydrogens is 283 g/mol. The topological polar surface area (TPSA) is 55.1 Å². The van der Waals surface area contributed by atoms with Crippen molar-refractivity contribution in [1.29, 1.82) is 0 Å². The van der Waals surface area contributed by atoms with E-state index >= 15 is 0 Å². The predicted molar refractivity (Wildman–Crippen MR) is 78.5 cm³/mol. The van der Waals surface area contributed by atoms with Gasteiger partial charge in [0.05, 0.1) is 5.56 Å². The number of halogens is 2. The molecule has 5 heteroatoms. The van der Waals surface area contributed by atoms with Gasteiger partial charge < -0.3 is 11.1 Å². The summed E-state index contributed by atoms with van der Waals surface area (Å²) < 4.78 is 0. The van der Waals surface area contributed by atoms with E-state index in [2.05, 4.69) is 5.32 Å². The van der Waals surface area contributed by atoms with Crippen LogP contribution >= 0.6 is 23.2 Å². The minimum absolute atomic E-state index is 0.242. The van der Waals surface area contributed by atoms with Crippen molar-refractivity contribution >= 4 is 34.8 Å². The van der Waals surface area contributed by atoms with E-state index in [1.807, 2.05) is 12.1 Å². The normalized spacial score (nSPS) is 10.2. The molecule has 0 saturated carbocycles. The van der Waals surface area contributed by atoms with Crippen LogP contribution in [-0.4, -0.2) is 5.91 Å². The number of hydrogen-bond acceptors (Lipinski definition) is 2. The highest BCUT2D eigenvalue weighted by Gasteiger charge is 2.09. The molecule has 2 aromatic rings. The second-order valence-electron chi connectivity index (χ2n) is 4.04. The summed E-state index contributed by atoms with van der Waals surface area (Å²) in [6, 6.07) is 12.1. The first-order chi connectivity index (χ1) is 9.06. The number of nitrogens with two attached hydrogens (primary N) is 1. The summed E-state index contributed by atoms with van der Waals surface area (Å²) in [5, 5.41) is 3.92. The SMILES string of the molecule is Nc1cc(Cl)ccc1C(=O)NCc1cccc(Cl)c1. The van der Waals surface area contributed by atoms with Crippen molar-refractivity contribution in [2.75, 3.05) is 5.73 Å². The Morgan fingerprint density at radius 1 is 1.11 bits per heavy atom. The van der Waals surface area contributed by atoms with Crippen LogP contribution in [-0.2, 0) is 6.54 Å². The van der Waals surface area contributed by atoms with Crippen molar-refractivity contribution in [3.63, 3.8) is 0 Å². The van der Waals surface area contributed by atoms with Gasteiger partial charge in [0, 0.05) is 22.3 Å². The molecule has 0 aliphatic rings. The number of benzene rings is 2. The Kier molecular flexibility index (Phi) is 4.30. The van der Waals surface area contributed by atoms with Crippen molar-refractivity contribution in [2.24, 2.45) is 0 Å². The average Bonchev–Trinajstić information content (AvgIpc) is 2.36. The first-order valence-electron chi connectivity index (χ1n) is 5.64. The lowest BCUT2D eigenvalue weighted by molar-refractivity contribution is 0.0952. The summed E-state index contributed by atoms with van der Waals surface area (Å²) >= 11 is 11.7. The van der Waals surface area contributed by atoms with E-state index in [0.717, 1.165) is 5.56 Å². The summed E-state index contributed by atoms with van der Waals surface area (Å²) in [6.07, 6.45) is 0. The molecule has 0 fully saturated rings. The Bertz CT molecular complexity index is 614. The average molecular weight is 295 g/mol. The van der Waals surface area contributed by atoms with Crippen LogP contribution in [0.5, 0.6) is 0 Å². The minimum atomic E-state index is -0.242. The van der Waals surface area contributed by atoms with Crippen LogP contribution in [0.3, 0.4) is 0 Å². The Morgan fingerprint density at radius 2 is 1.84 bits per heavy atom. The lowest BCUT2D eigenvalue weighted by Crippen LogP contribution is -2.23. The highest BCUT2D eigenvalue weighted by atomic mass is 35.5. The van der Waals surface area contributed by atoms with E-state index in [-0.39, 0.29) is 5.91 Å². The second kappa shape index (κ2) is 5.95. The Balaban J connectivity index is 2.05. The number of amides is 1. The molecule has 0 aromatic heterocycles. The molecule has 3 N–H and O–H groups in total. The molecule has 1 amide bonds. The van der Waals surface area contributed by atoms with Crippen LogP contribution in [0.4, 0.5) is 5.69 Å². The monoisotopic (exact) mass is 294 g/mol. The highest BCUT2D eigenvalue weighted by Crippen LogP contribution is 2.18. The molecule has 0 heterocycles. The van der Waals surface area contributed by atoms with Crippen LogP contribution in [0.25, 0.3) is 0 Å². The zero-order valence-corrected chi connectivity index (χ0v) is 11.5. The number of carbonyl (C=O) groups excluding carboxylic acids is 1. The van der Waals surface area contributed by atoms with Gasteiger partial charge >= 0.3 is 0 Å². The number of anilines is 1. The van der Waals surface area contributed by atoms with E-state index in [9.17, 15) is 4.79 Å². The highest BCUT2D eigenvalue weighted by molar-refractivity contribution is 6.31. The van der Waals surface area contributed by atoms with Crippen molar-refractivity contribution < 1.29 is 4.79 Å². The van der Waals surface area contributed by atoms with E-state index in [0.29, 0.717) is 27.8 Å². The van der Waals surface area contributed by atoms with Gasteiger partial charge in [0.15, 0.2) is 0 Å². The van der Waals surface area contributed by atoms with Gasteiger partial charge in [0.2, 0.25) is 0 Å². The Hall–Kier alpha value is -1.71. The molecular formula is C14H12Cl2N2O. The Labute approximate surface area is 121 Å². The first kappa shape index (κ1) is 13.7. The lowest BCUT2D eigenvalue weighted by atomic mass is 10.1. The molecule has 0 radical (unpaired) electrons. The molecule has 0 atom stereocenters. The molecule has 19 heavy (non-hydrogen) atoms. The quantitative estimate of drug-likeness (QED) is 0.851. The largest absolute Gasteiger partial charge is 0.398 e. The maximum atomic E-state index is 12.0. The molecule has 0 aliphatic heterocycles. The summed E-state index contributed by atoms with van der Waals surface area (Å²) in [5.41, 5.74) is 7.44. The van der Waals surface area contributed by atoms with Gasteiger partial charge in [0.1, 0.15) is 0 Å². The molecule has 98 valence electrons. The van der Waals surface area contributed by atoms with E-state index in [4.69, 9.17) is 28.9 Å². The smallest absolute Gasteiger partial charge is 0.253 e. The Morgan fingerprint density at radius 3 is 2.53 bits per heavy atom. The molecule has 0 spiro atoms. The summed E-state index contributed by atoms with van der Waals surface area (Å²) in [6.45, 7) is 0.390. The molecule has 2 aromatic carbocycles. The zero-order valence-electron chi connectivity index (χ0n) is 9.99. The van der Waals surface area contributed by atoms with Crippen LogP contribution in [0.2, 0.25) is 10.0 Å². The van der Waals surface area contributed by atoms with Gasteiger partial charge in [-0.15, -0.1) is 0 Å². The van der Waals surface area contributed by atoms with Gasteiger partial charge in [-0.1, -0.05) is 35.3 Å². The van der Waals surface area contributed by atoms with Crippen molar-refractivity contribution in [3.8, 4) is 0 Å². The summed E-state index contributed by atoms with van der Waals surface area (Å²) in [4.78, 5) is 12.0. The third-order valence-electron chi connectivity index (χ3n) is 2.60.